The maximum absolute atomic E-state index is 5.64. The van der Waals surface area contributed by atoms with Gasteiger partial charge in [0.1, 0.15) is 0 Å². The van der Waals surface area contributed by atoms with E-state index in [1.54, 1.807) is 0 Å². The molecule has 1 aliphatic carbocycles. The lowest BCUT2D eigenvalue weighted by Gasteiger charge is -2.25. The van der Waals surface area contributed by atoms with Gasteiger partial charge in [-0.25, -0.2) is 0 Å². The molecule has 0 aliphatic heterocycles. The largest absolute Gasteiger partial charge is 0.364 e. The predicted octanol–water partition coefficient (Wildman–Crippen LogP) is 1.96. The summed E-state index contributed by atoms with van der Waals surface area (Å²) in [5, 5.41) is 0. The van der Waals surface area contributed by atoms with Crippen molar-refractivity contribution in [1.29, 1.82) is 0 Å². The van der Waals surface area contributed by atoms with Crippen molar-refractivity contribution in [3.05, 3.63) is 24.0 Å². The van der Waals surface area contributed by atoms with E-state index in [0.29, 0.717) is 12.0 Å². The molecule has 0 radical (unpaired) electrons. The number of hydrogen-bond acceptors (Lipinski definition) is 2. The van der Waals surface area contributed by atoms with Crippen molar-refractivity contribution < 1.29 is 0 Å². The minimum absolute atomic E-state index is 0.294. The number of hydrazine groups is 1. The van der Waals surface area contributed by atoms with Crippen LogP contribution in [0.1, 0.15) is 37.9 Å². The average molecular weight is 193 g/mol. The molecule has 0 spiro atoms. The second-order valence-corrected chi connectivity index (χ2v) is 4.34. The minimum atomic E-state index is 0.294. The summed E-state index contributed by atoms with van der Waals surface area (Å²) in [6.07, 6.45) is 5.92. The maximum Gasteiger partial charge on any atom is 0.0640 e. The monoisotopic (exact) mass is 193 g/mol. The highest BCUT2D eigenvalue weighted by molar-refractivity contribution is 5.11. The molecule has 1 aromatic heterocycles. The molecule has 0 saturated heterocycles. The molecule has 3 unspecified atom stereocenters. The first-order valence-electron chi connectivity index (χ1n) is 5.42. The van der Waals surface area contributed by atoms with Crippen molar-refractivity contribution in [3.63, 3.8) is 0 Å². The third-order valence-electron chi connectivity index (χ3n) is 3.49. The number of rotatable bonds is 3. The molecule has 1 aromatic rings. The molecule has 1 fully saturated rings. The van der Waals surface area contributed by atoms with Crippen molar-refractivity contribution >= 4 is 0 Å². The third kappa shape index (κ3) is 1.70. The molecular formula is C11H19N3. The van der Waals surface area contributed by atoms with Gasteiger partial charge in [-0.3, -0.25) is 11.3 Å². The van der Waals surface area contributed by atoms with Crippen LogP contribution in [-0.2, 0) is 0 Å². The van der Waals surface area contributed by atoms with Crippen LogP contribution in [0.15, 0.2) is 18.3 Å². The van der Waals surface area contributed by atoms with Crippen molar-refractivity contribution in [1.82, 2.24) is 10.4 Å². The summed E-state index contributed by atoms with van der Waals surface area (Å²) >= 11 is 0. The van der Waals surface area contributed by atoms with Gasteiger partial charge in [0.2, 0.25) is 0 Å². The van der Waals surface area contributed by atoms with Crippen LogP contribution in [0.25, 0.3) is 0 Å². The zero-order chi connectivity index (χ0) is 9.97. The Morgan fingerprint density at radius 2 is 2.43 bits per heavy atom. The molecular weight excluding hydrogens is 174 g/mol. The molecule has 3 nitrogen and oxygen atoms in total. The van der Waals surface area contributed by atoms with Gasteiger partial charge in [0.15, 0.2) is 0 Å². The summed E-state index contributed by atoms with van der Waals surface area (Å²) < 4.78 is 0. The van der Waals surface area contributed by atoms with Crippen LogP contribution in [-0.4, -0.2) is 4.98 Å². The molecule has 14 heavy (non-hydrogen) atoms. The summed E-state index contributed by atoms with van der Waals surface area (Å²) in [7, 11) is 0. The van der Waals surface area contributed by atoms with Gasteiger partial charge in [-0.15, -0.1) is 0 Å². The topological polar surface area (TPSA) is 53.8 Å². The normalized spacial score (nSPS) is 29.3. The first-order chi connectivity index (χ1) is 6.83. The van der Waals surface area contributed by atoms with E-state index in [-0.39, 0.29) is 0 Å². The molecule has 0 bridgehead atoms. The molecule has 3 atom stereocenters. The van der Waals surface area contributed by atoms with Gasteiger partial charge in [-0.05, 0) is 30.4 Å². The summed E-state index contributed by atoms with van der Waals surface area (Å²) in [6, 6.07) is 4.43. The second kappa shape index (κ2) is 4.15. The zero-order valence-electron chi connectivity index (χ0n) is 8.66. The quantitative estimate of drug-likeness (QED) is 0.507. The first kappa shape index (κ1) is 9.74. The fourth-order valence-corrected chi connectivity index (χ4v) is 2.65. The highest BCUT2D eigenvalue weighted by atomic mass is 15.2. The van der Waals surface area contributed by atoms with E-state index in [1.807, 2.05) is 12.3 Å². The van der Waals surface area contributed by atoms with Crippen LogP contribution < -0.4 is 11.3 Å². The van der Waals surface area contributed by atoms with Crippen LogP contribution in [0, 0.1) is 11.8 Å². The number of aromatic nitrogens is 1. The Hall–Kier alpha value is -0.800. The lowest BCUT2D eigenvalue weighted by molar-refractivity contribution is 0.300. The van der Waals surface area contributed by atoms with Gasteiger partial charge in [0.05, 0.1) is 6.04 Å². The third-order valence-corrected chi connectivity index (χ3v) is 3.49. The second-order valence-electron chi connectivity index (χ2n) is 4.34. The molecule has 1 heterocycles. The Morgan fingerprint density at radius 1 is 1.57 bits per heavy atom. The Kier molecular flexibility index (Phi) is 2.89. The Labute approximate surface area is 85.0 Å². The summed E-state index contributed by atoms with van der Waals surface area (Å²) in [6.45, 7) is 2.32. The van der Waals surface area contributed by atoms with Gasteiger partial charge in [0, 0.05) is 11.9 Å². The van der Waals surface area contributed by atoms with E-state index < -0.39 is 0 Å². The Balaban J connectivity index is 2.13. The lowest BCUT2D eigenvalue weighted by atomic mass is 9.89. The average Bonchev–Trinajstić information content (AvgIpc) is 2.80. The van der Waals surface area contributed by atoms with E-state index in [9.17, 15) is 0 Å². The highest BCUT2D eigenvalue weighted by Gasteiger charge is 2.31. The molecule has 0 aromatic carbocycles. The van der Waals surface area contributed by atoms with Gasteiger partial charge in [-0.2, -0.15) is 0 Å². The molecule has 1 saturated carbocycles. The number of nitrogens with one attached hydrogen (secondary N) is 2. The van der Waals surface area contributed by atoms with Crippen molar-refractivity contribution in [3.8, 4) is 0 Å². The summed E-state index contributed by atoms with van der Waals surface area (Å²) in [5.74, 6) is 7.09. The van der Waals surface area contributed by atoms with Crippen molar-refractivity contribution in [2.45, 2.75) is 32.2 Å². The summed E-state index contributed by atoms with van der Waals surface area (Å²) in [4.78, 5) is 3.24. The van der Waals surface area contributed by atoms with E-state index in [1.165, 1.54) is 25.0 Å². The highest BCUT2D eigenvalue weighted by Crippen LogP contribution is 2.39. The molecule has 3 heteroatoms. The van der Waals surface area contributed by atoms with Crippen molar-refractivity contribution in [2.24, 2.45) is 17.7 Å². The van der Waals surface area contributed by atoms with Crippen LogP contribution in [0.2, 0.25) is 0 Å². The number of aromatic amines is 1. The van der Waals surface area contributed by atoms with Gasteiger partial charge >= 0.3 is 0 Å². The van der Waals surface area contributed by atoms with E-state index in [2.05, 4.69) is 23.4 Å². The fourth-order valence-electron chi connectivity index (χ4n) is 2.65. The van der Waals surface area contributed by atoms with Crippen LogP contribution in [0.4, 0.5) is 0 Å². The summed E-state index contributed by atoms with van der Waals surface area (Å²) in [5.41, 5.74) is 4.16. The molecule has 78 valence electrons. The standard InChI is InChI=1S/C11H19N3/c1-8-4-2-5-9(8)11(14-12)10-6-3-7-13-10/h3,6-9,11,13-14H,2,4-5,12H2,1H3. The van der Waals surface area contributed by atoms with Crippen molar-refractivity contribution in [2.75, 3.05) is 0 Å². The number of hydrogen-bond donors (Lipinski definition) is 3. The van der Waals surface area contributed by atoms with Crippen LogP contribution in [0.3, 0.4) is 0 Å². The smallest absolute Gasteiger partial charge is 0.0640 e. The zero-order valence-corrected chi connectivity index (χ0v) is 8.66. The Morgan fingerprint density at radius 3 is 2.93 bits per heavy atom. The van der Waals surface area contributed by atoms with Crippen LogP contribution >= 0.6 is 0 Å². The molecule has 1 aliphatic rings. The van der Waals surface area contributed by atoms with E-state index >= 15 is 0 Å². The molecule has 2 rings (SSSR count). The van der Waals surface area contributed by atoms with Gasteiger partial charge < -0.3 is 4.98 Å². The molecule has 0 amide bonds. The maximum atomic E-state index is 5.64. The number of H-pyrrole nitrogens is 1. The first-order valence-corrected chi connectivity index (χ1v) is 5.42. The van der Waals surface area contributed by atoms with Gasteiger partial charge in [-0.1, -0.05) is 19.8 Å². The van der Waals surface area contributed by atoms with Gasteiger partial charge in [0.25, 0.3) is 0 Å². The predicted molar refractivity (Wildman–Crippen MR) is 57.4 cm³/mol. The Bertz CT molecular complexity index is 268. The van der Waals surface area contributed by atoms with Crippen LogP contribution in [0.5, 0.6) is 0 Å². The number of nitrogens with two attached hydrogens (primary N) is 1. The van der Waals surface area contributed by atoms with E-state index in [4.69, 9.17) is 5.84 Å². The SMILES string of the molecule is CC1CCCC1C(NN)c1ccc[nH]1. The van der Waals surface area contributed by atoms with E-state index in [0.717, 1.165) is 5.92 Å². The fraction of sp³-hybridized carbons (Fsp3) is 0.636. The lowest BCUT2D eigenvalue weighted by Crippen LogP contribution is -2.34. The molecule has 4 N–H and O–H groups in total. The minimum Gasteiger partial charge on any atom is -0.364 e.